The SMILES string of the molecule is COC1(c2ncc(Cl)cc2C(F)F)C=C(C#N)C(=O)C2(CC2)C1. The maximum atomic E-state index is 13.4. The van der Waals surface area contributed by atoms with E-state index in [-0.39, 0.29) is 34.1 Å². The lowest BCUT2D eigenvalue weighted by Crippen LogP contribution is -2.40. The molecule has 0 saturated heterocycles. The van der Waals surface area contributed by atoms with Gasteiger partial charge in [0.25, 0.3) is 6.43 Å². The standard InChI is InChI=1S/C16H13ClF2N2O2/c1-23-16(12-11(14(18)19)4-10(17)7-21-12)5-9(6-20)13(22)15(8-16)2-3-15/h4-5,7,14H,2-3,8H2,1H3. The summed E-state index contributed by atoms with van der Waals surface area (Å²) in [6, 6.07) is 3.00. The fourth-order valence-electron chi connectivity index (χ4n) is 3.21. The first-order valence-corrected chi connectivity index (χ1v) is 7.42. The van der Waals surface area contributed by atoms with Gasteiger partial charge in [-0.25, -0.2) is 8.78 Å². The molecule has 0 aliphatic heterocycles. The van der Waals surface area contributed by atoms with Crippen LogP contribution >= 0.6 is 11.6 Å². The normalized spacial score (nSPS) is 25.4. The molecule has 2 aliphatic carbocycles. The van der Waals surface area contributed by atoms with Gasteiger partial charge in [0, 0.05) is 24.3 Å². The summed E-state index contributed by atoms with van der Waals surface area (Å²) in [6.45, 7) is 0. The zero-order chi connectivity index (χ0) is 16.8. The highest BCUT2D eigenvalue weighted by Crippen LogP contribution is 2.59. The van der Waals surface area contributed by atoms with Crippen LogP contribution in [0.4, 0.5) is 8.78 Å². The van der Waals surface area contributed by atoms with Crippen molar-refractivity contribution in [1.82, 2.24) is 4.98 Å². The molecule has 120 valence electrons. The number of nitrogens with zero attached hydrogens (tertiary/aromatic N) is 2. The fraction of sp³-hybridized carbons (Fsp3) is 0.438. The molecule has 1 aromatic rings. The molecule has 1 aromatic heterocycles. The van der Waals surface area contributed by atoms with Crippen molar-refractivity contribution in [3.8, 4) is 6.07 Å². The van der Waals surface area contributed by atoms with E-state index in [9.17, 15) is 18.8 Å². The lowest BCUT2D eigenvalue weighted by molar-refractivity contribution is -0.124. The minimum Gasteiger partial charge on any atom is -0.368 e. The minimum absolute atomic E-state index is 0.00549. The number of pyridine rings is 1. The van der Waals surface area contributed by atoms with E-state index in [4.69, 9.17) is 16.3 Å². The Morgan fingerprint density at radius 2 is 2.17 bits per heavy atom. The Labute approximate surface area is 136 Å². The molecular weight excluding hydrogens is 326 g/mol. The van der Waals surface area contributed by atoms with Crippen molar-refractivity contribution < 1.29 is 18.3 Å². The summed E-state index contributed by atoms with van der Waals surface area (Å²) in [5, 5.41) is 9.32. The Balaban J connectivity index is 2.22. The van der Waals surface area contributed by atoms with Gasteiger partial charge >= 0.3 is 0 Å². The van der Waals surface area contributed by atoms with E-state index in [0.717, 1.165) is 6.07 Å². The van der Waals surface area contributed by atoms with Gasteiger partial charge in [-0.15, -0.1) is 0 Å². The summed E-state index contributed by atoms with van der Waals surface area (Å²) < 4.78 is 32.4. The molecule has 7 heteroatoms. The van der Waals surface area contributed by atoms with Crippen LogP contribution < -0.4 is 0 Å². The molecule has 1 atom stereocenters. The number of methoxy groups -OCH3 is 1. The van der Waals surface area contributed by atoms with Crippen LogP contribution in [0.25, 0.3) is 0 Å². The van der Waals surface area contributed by atoms with Gasteiger partial charge in [0.15, 0.2) is 5.78 Å². The molecule has 1 unspecified atom stereocenters. The first kappa shape index (κ1) is 16.0. The molecule has 2 aliphatic rings. The van der Waals surface area contributed by atoms with E-state index in [2.05, 4.69) is 4.98 Å². The van der Waals surface area contributed by atoms with Crippen LogP contribution in [0.15, 0.2) is 23.9 Å². The van der Waals surface area contributed by atoms with E-state index in [1.165, 1.54) is 19.4 Å². The average molecular weight is 339 g/mol. The topological polar surface area (TPSA) is 63.0 Å². The number of Topliss-reactive ketones (excluding diaryl/α,β-unsaturated/α-hetero) is 1. The number of carbonyl (C=O) groups excluding carboxylic acids is 1. The number of ether oxygens (including phenoxy) is 1. The number of hydrogen-bond donors (Lipinski definition) is 0. The maximum Gasteiger partial charge on any atom is 0.265 e. The van der Waals surface area contributed by atoms with Crippen molar-refractivity contribution >= 4 is 17.4 Å². The number of hydrogen-bond acceptors (Lipinski definition) is 4. The Morgan fingerprint density at radius 3 is 2.70 bits per heavy atom. The summed E-state index contributed by atoms with van der Waals surface area (Å²) in [4.78, 5) is 16.4. The van der Waals surface area contributed by atoms with Crippen LogP contribution in [0, 0.1) is 16.7 Å². The van der Waals surface area contributed by atoms with Gasteiger partial charge in [-0.05, 0) is 31.4 Å². The second-order valence-corrected chi connectivity index (χ2v) is 6.38. The van der Waals surface area contributed by atoms with Crippen molar-refractivity contribution in [2.75, 3.05) is 7.11 Å². The number of carbonyl (C=O) groups is 1. The maximum absolute atomic E-state index is 13.4. The quantitative estimate of drug-likeness (QED) is 0.842. The van der Waals surface area contributed by atoms with E-state index in [0.29, 0.717) is 12.8 Å². The van der Waals surface area contributed by atoms with Gasteiger partial charge < -0.3 is 4.74 Å². The monoisotopic (exact) mass is 338 g/mol. The van der Waals surface area contributed by atoms with E-state index in [1.807, 2.05) is 6.07 Å². The number of halogens is 3. The Morgan fingerprint density at radius 1 is 1.48 bits per heavy atom. The average Bonchev–Trinajstić information content (AvgIpc) is 3.30. The summed E-state index contributed by atoms with van der Waals surface area (Å²) in [6.07, 6.45) is 1.23. The number of rotatable bonds is 3. The highest BCUT2D eigenvalue weighted by molar-refractivity contribution is 6.30. The summed E-state index contributed by atoms with van der Waals surface area (Å²) in [5.41, 5.74) is -2.43. The van der Waals surface area contributed by atoms with Crippen LogP contribution in [0.1, 0.15) is 36.9 Å². The Bertz CT molecular complexity index is 753. The fourth-order valence-corrected chi connectivity index (χ4v) is 3.38. The van der Waals surface area contributed by atoms with Crippen LogP contribution in [-0.4, -0.2) is 17.9 Å². The van der Waals surface area contributed by atoms with Crippen molar-refractivity contribution in [1.29, 1.82) is 5.26 Å². The van der Waals surface area contributed by atoms with Crippen molar-refractivity contribution in [3.63, 3.8) is 0 Å². The Hall–Kier alpha value is -1.84. The van der Waals surface area contributed by atoms with Gasteiger partial charge in [0.1, 0.15) is 11.7 Å². The molecular formula is C16H13ClF2N2O2. The predicted octanol–water partition coefficient (Wildman–Crippen LogP) is 3.72. The van der Waals surface area contributed by atoms with Gasteiger partial charge in [-0.2, -0.15) is 5.26 Å². The number of nitriles is 1. The van der Waals surface area contributed by atoms with Crippen molar-refractivity contribution in [2.45, 2.75) is 31.3 Å². The van der Waals surface area contributed by atoms with Crippen molar-refractivity contribution in [2.24, 2.45) is 5.41 Å². The van der Waals surface area contributed by atoms with Crippen LogP contribution in [0.5, 0.6) is 0 Å². The molecule has 1 heterocycles. The third kappa shape index (κ3) is 2.44. The molecule has 0 N–H and O–H groups in total. The predicted molar refractivity (Wildman–Crippen MR) is 77.9 cm³/mol. The third-order valence-corrected chi connectivity index (χ3v) is 4.77. The lowest BCUT2D eigenvalue weighted by Gasteiger charge is -2.37. The first-order valence-electron chi connectivity index (χ1n) is 7.04. The molecule has 23 heavy (non-hydrogen) atoms. The van der Waals surface area contributed by atoms with Gasteiger partial charge in [-0.1, -0.05) is 11.6 Å². The molecule has 0 amide bonds. The van der Waals surface area contributed by atoms with E-state index in [1.54, 1.807) is 0 Å². The number of alkyl halides is 2. The third-order valence-electron chi connectivity index (χ3n) is 4.56. The van der Waals surface area contributed by atoms with Crippen LogP contribution in [0.3, 0.4) is 0 Å². The highest BCUT2D eigenvalue weighted by atomic mass is 35.5. The lowest BCUT2D eigenvalue weighted by atomic mass is 9.73. The Kier molecular flexibility index (Phi) is 3.74. The van der Waals surface area contributed by atoms with Crippen LogP contribution in [0.2, 0.25) is 5.02 Å². The number of aromatic nitrogens is 1. The first-order chi connectivity index (χ1) is 10.9. The molecule has 0 radical (unpaired) electrons. The van der Waals surface area contributed by atoms with Gasteiger partial charge in [-0.3, -0.25) is 9.78 Å². The molecule has 1 fully saturated rings. The highest BCUT2D eigenvalue weighted by Gasteiger charge is 2.59. The summed E-state index contributed by atoms with van der Waals surface area (Å²) >= 11 is 5.78. The van der Waals surface area contributed by atoms with E-state index >= 15 is 0 Å². The number of allylic oxidation sites excluding steroid dienone is 1. The largest absolute Gasteiger partial charge is 0.368 e. The van der Waals surface area contributed by atoms with Gasteiger partial charge in [0.2, 0.25) is 0 Å². The molecule has 1 saturated carbocycles. The van der Waals surface area contributed by atoms with Crippen LogP contribution in [-0.2, 0) is 15.1 Å². The number of ketones is 1. The smallest absolute Gasteiger partial charge is 0.265 e. The molecule has 3 rings (SSSR count). The summed E-state index contributed by atoms with van der Waals surface area (Å²) in [5.74, 6) is -0.236. The molecule has 0 bridgehead atoms. The van der Waals surface area contributed by atoms with Gasteiger partial charge in [0.05, 0.1) is 16.3 Å². The second-order valence-electron chi connectivity index (χ2n) is 5.94. The second kappa shape index (κ2) is 5.36. The minimum atomic E-state index is -2.80. The van der Waals surface area contributed by atoms with E-state index < -0.39 is 17.4 Å². The molecule has 1 spiro atoms. The zero-order valence-corrected chi connectivity index (χ0v) is 13.0. The molecule has 4 nitrogen and oxygen atoms in total. The molecule has 0 aromatic carbocycles. The zero-order valence-electron chi connectivity index (χ0n) is 12.3. The summed E-state index contributed by atoms with van der Waals surface area (Å²) in [7, 11) is 1.36. The van der Waals surface area contributed by atoms with Crippen molar-refractivity contribution in [3.05, 3.63) is 40.2 Å².